The molecule has 146 valence electrons. The molecule has 0 spiro atoms. The molecule has 1 aromatic heterocycles. The lowest BCUT2D eigenvalue weighted by molar-refractivity contribution is -0.0605. The van der Waals surface area contributed by atoms with Crippen molar-refractivity contribution in [3.8, 4) is 0 Å². The van der Waals surface area contributed by atoms with E-state index >= 15 is 0 Å². The van der Waals surface area contributed by atoms with Gasteiger partial charge in [0.05, 0.1) is 24.3 Å². The molecule has 10 nitrogen and oxygen atoms in total. The van der Waals surface area contributed by atoms with E-state index in [-0.39, 0.29) is 37.4 Å². The van der Waals surface area contributed by atoms with Crippen LogP contribution >= 0.6 is 0 Å². The molecular weight excluding hydrogens is 392 g/mol. The average Bonchev–Trinajstić information content (AvgIpc) is 3.30. The minimum atomic E-state index is -3.94. The Kier molecular flexibility index (Phi) is 4.49. The molecule has 2 aliphatic rings. The number of ether oxygens (including phenoxy) is 1. The second-order valence-electron chi connectivity index (χ2n) is 5.96. The SMILES string of the molecule is O=C(ON1C(=O)c2ccccc2C1=O)c1ccc(S(=O)(=O)N2CCOCC2)o1. The Hall–Kier alpha value is -3.02. The number of fused-ring (bicyclic) bond motifs is 1. The fourth-order valence-corrected chi connectivity index (χ4v) is 4.18. The number of benzene rings is 1. The first-order chi connectivity index (χ1) is 13.4. The molecule has 0 saturated carbocycles. The van der Waals surface area contributed by atoms with Crippen molar-refractivity contribution in [2.45, 2.75) is 5.09 Å². The van der Waals surface area contributed by atoms with Gasteiger partial charge >= 0.3 is 5.97 Å². The second kappa shape index (κ2) is 6.86. The molecule has 3 heterocycles. The van der Waals surface area contributed by atoms with Crippen molar-refractivity contribution in [2.75, 3.05) is 26.3 Å². The Bertz CT molecular complexity index is 1030. The number of rotatable bonds is 4. The van der Waals surface area contributed by atoms with E-state index in [4.69, 9.17) is 14.0 Å². The molecule has 0 aliphatic carbocycles. The molecule has 4 rings (SSSR count). The highest BCUT2D eigenvalue weighted by Gasteiger charge is 2.39. The first-order valence-corrected chi connectivity index (χ1v) is 9.71. The number of amides is 2. The molecule has 11 heteroatoms. The van der Waals surface area contributed by atoms with Gasteiger partial charge in [0.25, 0.3) is 21.8 Å². The van der Waals surface area contributed by atoms with Crippen LogP contribution in [0.15, 0.2) is 45.9 Å². The standard InChI is InChI=1S/C17H14N2O8S/c20-15-11-3-1-2-4-12(11)16(21)19(15)27-17(22)13-5-6-14(26-13)28(23,24)18-7-9-25-10-8-18/h1-6H,7-10H2. The Labute approximate surface area is 159 Å². The number of hydrogen-bond acceptors (Lipinski definition) is 8. The number of sulfonamides is 1. The van der Waals surface area contributed by atoms with Gasteiger partial charge in [-0.25, -0.2) is 13.2 Å². The van der Waals surface area contributed by atoms with Crippen molar-refractivity contribution in [3.05, 3.63) is 53.3 Å². The number of hydroxylamine groups is 2. The maximum Gasteiger partial charge on any atom is 0.399 e. The molecule has 1 fully saturated rings. The quantitative estimate of drug-likeness (QED) is 0.679. The van der Waals surface area contributed by atoms with Gasteiger partial charge in [0, 0.05) is 13.1 Å². The van der Waals surface area contributed by atoms with Gasteiger partial charge in [0.15, 0.2) is 0 Å². The van der Waals surface area contributed by atoms with Crippen LogP contribution in [0.1, 0.15) is 31.3 Å². The van der Waals surface area contributed by atoms with Crippen molar-refractivity contribution >= 4 is 27.8 Å². The number of imide groups is 1. The summed E-state index contributed by atoms with van der Waals surface area (Å²) in [7, 11) is -3.94. The Morgan fingerprint density at radius 3 is 2.18 bits per heavy atom. The first-order valence-electron chi connectivity index (χ1n) is 8.27. The third-order valence-electron chi connectivity index (χ3n) is 4.28. The lowest BCUT2D eigenvalue weighted by Crippen LogP contribution is -2.40. The molecular formula is C17H14N2O8S. The summed E-state index contributed by atoms with van der Waals surface area (Å²) in [6, 6.07) is 8.24. The van der Waals surface area contributed by atoms with Gasteiger partial charge in [-0.15, -0.1) is 0 Å². The van der Waals surface area contributed by atoms with Crippen LogP contribution in [-0.2, 0) is 19.6 Å². The molecule has 2 aromatic rings. The van der Waals surface area contributed by atoms with Crippen LogP contribution < -0.4 is 0 Å². The monoisotopic (exact) mass is 406 g/mol. The summed E-state index contributed by atoms with van der Waals surface area (Å²) in [5.41, 5.74) is 0.214. The van der Waals surface area contributed by atoms with Gasteiger partial charge in [0.2, 0.25) is 10.9 Å². The maximum absolute atomic E-state index is 12.5. The van der Waals surface area contributed by atoms with E-state index in [0.29, 0.717) is 5.06 Å². The van der Waals surface area contributed by atoms with Crippen LogP contribution in [0.5, 0.6) is 0 Å². The van der Waals surface area contributed by atoms with Crippen molar-refractivity contribution in [1.29, 1.82) is 0 Å². The van der Waals surface area contributed by atoms with Crippen molar-refractivity contribution < 1.29 is 36.8 Å². The summed E-state index contributed by atoms with van der Waals surface area (Å²) in [6.07, 6.45) is 0. The van der Waals surface area contributed by atoms with E-state index in [2.05, 4.69) is 0 Å². The summed E-state index contributed by atoms with van der Waals surface area (Å²) in [4.78, 5) is 41.6. The molecule has 2 aliphatic heterocycles. The zero-order valence-electron chi connectivity index (χ0n) is 14.4. The highest BCUT2D eigenvalue weighted by atomic mass is 32.2. The van der Waals surface area contributed by atoms with E-state index < -0.39 is 38.7 Å². The zero-order chi connectivity index (χ0) is 19.9. The predicted octanol–water partition coefficient (Wildman–Crippen LogP) is 0.669. The van der Waals surface area contributed by atoms with Gasteiger partial charge in [-0.2, -0.15) is 4.31 Å². The smallest absolute Gasteiger partial charge is 0.399 e. The van der Waals surface area contributed by atoms with Gasteiger partial charge in [-0.05, 0) is 24.3 Å². The van der Waals surface area contributed by atoms with Crippen LogP contribution in [0, 0.1) is 0 Å². The number of nitrogens with zero attached hydrogens (tertiary/aromatic N) is 2. The minimum absolute atomic E-state index is 0.107. The van der Waals surface area contributed by atoms with E-state index in [0.717, 1.165) is 12.1 Å². The van der Waals surface area contributed by atoms with Gasteiger partial charge < -0.3 is 14.0 Å². The Balaban J connectivity index is 1.51. The summed E-state index contributed by atoms with van der Waals surface area (Å²) >= 11 is 0. The van der Waals surface area contributed by atoms with Crippen LogP contribution in [0.4, 0.5) is 0 Å². The highest BCUT2D eigenvalue weighted by Crippen LogP contribution is 2.25. The molecule has 2 amide bonds. The van der Waals surface area contributed by atoms with Crippen molar-refractivity contribution in [3.63, 3.8) is 0 Å². The summed E-state index contributed by atoms with van der Waals surface area (Å²) in [5.74, 6) is -3.20. The van der Waals surface area contributed by atoms with Gasteiger partial charge in [0.1, 0.15) is 0 Å². The maximum atomic E-state index is 12.5. The largest absolute Gasteiger partial charge is 0.436 e. The van der Waals surface area contributed by atoms with E-state index in [1.165, 1.54) is 16.4 Å². The second-order valence-corrected chi connectivity index (χ2v) is 7.83. The molecule has 0 atom stereocenters. The van der Waals surface area contributed by atoms with Crippen LogP contribution in [0.2, 0.25) is 0 Å². The fraction of sp³-hybridized carbons (Fsp3) is 0.235. The first kappa shape index (κ1) is 18.3. The summed E-state index contributed by atoms with van der Waals surface area (Å²) < 4.78 is 36.5. The third-order valence-corrected chi connectivity index (χ3v) is 6.05. The topological polar surface area (TPSA) is 123 Å². The van der Waals surface area contributed by atoms with E-state index in [9.17, 15) is 22.8 Å². The number of morpholine rings is 1. The molecule has 1 aromatic carbocycles. The van der Waals surface area contributed by atoms with Crippen molar-refractivity contribution in [2.24, 2.45) is 0 Å². The Morgan fingerprint density at radius 1 is 0.964 bits per heavy atom. The number of hydrogen-bond donors (Lipinski definition) is 0. The molecule has 0 bridgehead atoms. The predicted molar refractivity (Wildman–Crippen MR) is 90.6 cm³/mol. The van der Waals surface area contributed by atoms with Crippen molar-refractivity contribution in [1.82, 2.24) is 9.37 Å². The van der Waals surface area contributed by atoms with Crippen LogP contribution in [0.25, 0.3) is 0 Å². The van der Waals surface area contributed by atoms with Crippen LogP contribution in [-0.4, -0.2) is 61.9 Å². The Morgan fingerprint density at radius 2 is 1.57 bits per heavy atom. The highest BCUT2D eigenvalue weighted by molar-refractivity contribution is 7.89. The van der Waals surface area contributed by atoms with E-state index in [1.807, 2.05) is 0 Å². The summed E-state index contributed by atoms with van der Waals surface area (Å²) in [5, 5.41) is -0.116. The summed E-state index contributed by atoms with van der Waals surface area (Å²) in [6.45, 7) is 0.846. The normalized spacial score (nSPS) is 17.6. The van der Waals surface area contributed by atoms with Crippen LogP contribution in [0.3, 0.4) is 0 Å². The van der Waals surface area contributed by atoms with Gasteiger partial charge in [-0.1, -0.05) is 17.2 Å². The average molecular weight is 406 g/mol. The van der Waals surface area contributed by atoms with E-state index in [1.54, 1.807) is 12.1 Å². The third kappa shape index (κ3) is 2.99. The molecule has 0 unspecified atom stereocenters. The minimum Gasteiger partial charge on any atom is -0.436 e. The number of carbonyl (C=O) groups is 3. The lowest BCUT2D eigenvalue weighted by atomic mass is 10.1. The molecule has 28 heavy (non-hydrogen) atoms. The number of carbonyl (C=O) groups excluding carboxylic acids is 3. The molecule has 0 radical (unpaired) electrons. The van der Waals surface area contributed by atoms with Gasteiger partial charge in [-0.3, -0.25) is 9.59 Å². The molecule has 1 saturated heterocycles. The lowest BCUT2D eigenvalue weighted by Gasteiger charge is -2.24. The zero-order valence-corrected chi connectivity index (χ0v) is 15.2. The fourth-order valence-electron chi connectivity index (χ4n) is 2.86. The number of furan rings is 1. The molecule has 0 N–H and O–H groups in total.